The fraction of sp³-hybridized carbons (Fsp3) is 0.150. The van der Waals surface area contributed by atoms with Crippen molar-refractivity contribution in [1.29, 1.82) is 0 Å². The van der Waals surface area contributed by atoms with Crippen molar-refractivity contribution in [3.8, 4) is 5.75 Å². The maximum absolute atomic E-state index is 12.4. The van der Waals surface area contributed by atoms with Crippen LogP contribution >= 0.6 is 15.9 Å². The molecule has 0 spiro atoms. The number of ether oxygens (including phenoxy) is 1. The van der Waals surface area contributed by atoms with E-state index >= 15 is 0 Å². The first-order valence-corrected chi connectivity index (χ1v) is 10.3. The van der Waals surface area contributed by atoms with Crippen molar-refractivity contribution in [3.05, 3.63) is 82.2 Å². The summed E-state index contributed by atoms with van der Waals surface area (Å²) in [6.07, 6.45) is 0. The molecular weight excluding hydrogens is 430 g/mol. The van der Waals surface area contributed by atoms with Crippen molar-refractivity contribution < 1.29 is 18.2 Å². The van der Waals surface area contributed by atoms with Crippen LogP contribution in [0.15, 0.2) is 74.4 Å². The second kappa shape index (κ2) is 9.01. The monoisotopic (exact) mass is 447 g/mol. The molecule has 5 nitrogen and oxygen atoms in total. The predicted molar refractivity (Wildman–Crippen MR) is 107 cm³/mol. The van der Waals surface area contributed by atoms with Crippen molar-refractivity contribution in [2.24, 2.45) is 0 Å². The van der Waals surface area contributed by atoms with Gasteiger partial charge in [0.1, 0.15) is 11.5 Å². The number of carbonyl (C=O) groups is 1. The number of methoxy groups -OCH3 is 1. The third-order valence-corrected chi connectivity index (χ3v) is 5.66. The first-order valence-electron chi connectivity index (χ1n) is 8.19. The summed E-state index contributed by atoms with van der Waals surface area (Å²) in [6, 6.07) is 18.0. The molecule has 140 valence electrons. The number of rotatable bonds is 7. The van der Waals surface area contributed by atoms with Gasteiger partial charge in [-0.3, -0.25) is 9.00 Å². The van der Waals surface area contributed by atoms with E-state index < -0.39 is 10.8 Å². The van der Waals surface area contributed by atoms with E-state index in [9.17, 15) is 9.00 Å². The summed E-state index contributed by atoms with van der Waals surface area (Å²) in [5, 5.41) is 2.81. The summed E-state index contributed by atoms with van der Waals surface area (Å²) in [4.78, 5) is 12.9. The lowest BCUT2D eigenvalue weighted by Gasteiger charge is -2.04. The van der Waals surface area contributed by atoms with E-state index in [1.54, 1.807) is 43.5 Å². The molecule has 0 aliphatic carbocycles. The molecule has 1 aromatic heterocycles. The summed E-state index contributed by atoms with van der Waals surface area (Å²) < 4.78 is 24.0. The van der Waals surface area contributed by atoms with E-state index in [4.69, 9.17) is 9.15 Å². The molecule has 0 saturated heterocycles. The van der Waals surface area contributed by atoms with Crippen molar-refractivity contribution in [2.75, 3.05) is 7.11 Å². The van der Waals surface area contributed by atoms with Crippen LogP contribution < -0.4 is 10.1 Å². The number of carbonyl (C=O) groups excluding carboxylic acids is 1. The summed E-state index contributed by atoms with van der Waals surface area (Å²) in [5.74, 6) is 1.30. The summed E-state index contributed by atoms with van der Waals surface area (Å²) in [7, 11) is 0.315. The fourth-order valence-corrected chi connectivity index (χ4v) is 3.90. The molecule has 27 heavy (non-hydrogen) atoms. The summed E-state index contributed by atoms with van der Waals surface area (Å²) >= 11 is 3.40. The molecule has 1 unspecified atom stereocenters. The van der Waals surface area contributed by atoms with Crippen LogP contribution in [0.25, 0.3) is 0 Å². The van der Waals surface area contributed by atoms with E-state index in [2.05, 4.69) is 21.2 Å². The van der Waals surface area contributed by atoms with Gasteiger partial charge in [-0.1, -0.05) is 28.1 Å². The lowest BCUT2D eigenvalue weighted by Crippen LogP contribution is -2.22. The van der Waals surface area contributed by atoms with E-state index in [-0.39, 0.29) is 17.4 Å². The molecular formula is C20H18BrNO4S. The van der Waals surface area contributed by atoms with E-state index in [1.165, 1.54) is 0 Å². The van der Waals surface area contributed by atoms with Gasteiger partial charge < -0.3 is 14.5 Å². The molecule has 1 heterocycles. The summed E-state index contributed by atoms with van der Waals surface area (Å²) in [5.41, 5.74) is 0.977. The number of halogens is 1. The first-order chi connectivity index (χ1) is 13.0. The Labute approximate surface area is 168 Å². The largest absolute Gasteiger partial charge is 0.497 e. The molecule has 3 aromatic rings. The van der Waals surface area contributed by atoms with Gasteiger partial charge >= 0.3 is 0 Å². The molecule has 0 radical (unpaired) electrons. The minimum Gasteiger partial charge on any atom is -0.497 e. The Balaban J connectivity index is 1.58. The Bertz CT molecular complexity index is 953. The van der Waals surface area contributed by atoms with E-state index in [0.29, 0.717) is 22.9 Å². The number of amides is 1. The Morgan fingerprint density at radius 3 is 2.63 bits per heavy atom. The highest BCUT2D eigenvalue weighted by Crippen LogP contribution is 2.18. The maximum atomic E-state index is 12.4. The Morgan fingerprint density at radius 2 is 1.93 bits per heavy atom. The highest BCUT2D eigenvalue weighted by atomic mass is 79.9. The van der Waals surface area contributed by atoms with Gasteiger partial charge in [0.25, 0.3) is 5.91 Å². The predicted octanol–water partition coefficient (Wildman–Crippen LogP) is 4.29. The normalized spacial score (nSPS) is 11.8. The van der Waals surface area contributed by atoms with Crippen molar-refractivity contribution in [2.45, 2.75) is 17.2 Å². The smallest absolute Gasteiger partial charge is 0.287 e. The number of hydrogen-bond donors (Lipinski definition) is 1. The van der Waals surface area contributed by atoms with Crippen molar-refractivity contribution in [3.63, 3.8) is 0 Å². The third kappa shape index (κ3) is 5.30. The average Bonchev–Trinajstić information content (AvgIpc) is 3.15. The van der Waals surface area contributed by atoms with Crippen LogP contribution in [0.5, 0.6) is 5.75 Å². The molecule has 0 saturated carbocycles. The second-order valence-corrected chi connectivity index (χ2v) is 8.11. The quantitative estimate of drug-likeness (QED) is 0.586. The lowest BCUT2D eigenvalue weighted by atomic mass is 10.2. The van der Waals surface area contributed by atoms with Crippen LogP contribution in [0.1, 0.15) is 21.9 Å². The van der Waals surface area contributed by atoms with Gasteiger partial charge in [-0.05, 0) is 54.1 Å². The average molecular weight is 448 g/mol. The molecule has 1 N–H and O–H groups in total. The van der Waals surface area contributed by atoms with Crippen LogP contribution in [0.2, 0.25) is 0 Å². The zero-order chi connectivity index (χ0) is 19.2. The molecule has 2 aromatic carbocycles. The molecule has 3 rings (SSSR count). The topological polar surface area (TPSA) is 68.5 Å². The van der Waals surface area contributed by atoms with Gasteiger partial charge in [0.15, 0.2) is 5.76 Å². The molecule has 1 atom stereocenters. The molecule has 7 heteroatoms. The van der Waals surface area contributed by atoms with Gasteiger partial charge in [-0.15, -0.1) is 0 Å². The zero-order valence-corrected chi connectivity index (χ0v) is 17.0. The number of furan rings is 1. The van der Waals surface area contributed by atoms with Crippen LogP contribution in [0, 0.1) is 0 Å². The molecule has 1 amide bonds. The van der Waals surface area contributed by atoms with Crippen LogP contribution in [-0.2, 0) is 23.1 Å². The first kappa shape index (κ1) is 19.4. The van der Waals surface area contributed by atoms with Crippen molar-refractivity contribution in [1.82, 2.24) is 5.32 Å². The van der Waals surface area contributed by atoms with Crippen molar-refractivity contribution >= 4 is 32.6 Å². The Kier molecular flexibility index (Phi) is 6.47. The molecule has 0 fully saturated rings. The minimum atomic E-state index is -1.27. The summed E-state index contributed by atoms with van der Waals surface area (Å²) in [6.45, 7) is 0.395. The zero-order valence-electron chi connectivity index (χ0n) is 14.6. The maximum Gasteiger partial charge on any atom is 0.287 e. The highest BCUT2D eigenvalue weighted by molar-refractivity contribution is 9.10. The van der Waals surface area contributed by atoms with Gasteiger partial charge in [0.2, 0.25) is 0 Å². The Hall–Kier alpha value is -2.38. The lowest BCUT2D eigenvalue weighted by molar-refractivity contribution is 0.0921. The second-order valence-electron chi connectivity index (χ2n) is 5.74. The van der Waals surface area contributed by atoms with E-state index in [0.717, 1.165) is 10.0 Å². The highest BCUT2D eigenvalue weighted by Gasteiger charge is 2.14. The number of hydrogen-bond acceptors (Lipinski definition) is 4. The van der Waals surface area contributed by atoms with Gasteiger partial charge in [-0.25, -0.2) is 0 Å². The molecule has 0 bridgehead atoms. The van der Waals surface area contributed by atoms with E-state index in [1.807, 2.05) is 24.3 Å². The van der Waals surface area contributed by atoms with Crippen LogP contribution in [0.4, 0.5) is 0 Å². The van der Waals surface area contributed by atoms with Crippen LogP contribution in [0.3, 0.4) is 0 Å². The minimum absolute atomic E-state index is 0.200. The number of nitrogens with one attached hydrogen (secondary N) is 1. The standard InChI is InChI=1S/C20H18BrNO4S/c1-25-16-5-8-18(9-6-16)27(24)13-17-7-10-19(26-17)20(23)22-12-14-3-2-4-15(21)11-14/h2-11H,12-13H2,1H3,(H,22,23). The molecule has 0 aliphatic rings. The van der Waals surface area contributed by atoms with Crippen LogP contribution in [-0.4, -0.2) is 17.2 Å². The SMILES string of the molecule is COc1ccc(S(=O)Cc2ccc(C(=O)NCc3cccc(Br)c3)o2)cc1. The van der Waals surface area contributed by atoms with Gasteiger partial charge in [0, 0.05) is 15.9 Å². The van der Waals surface area contributed by atoms with Gasteiger partial charge in [0.05, 0.1) is 23.7 Å². The Morgan fingerprint density at radius 1 is 1.15 bits per heavy atom. The van der Waals surface area contributed by atoms with Gasteiger partial charge in [-0.2, -0.15) is 0 Å². The fourth-order valence-electron chi connectivity index (χ4n) is 2.43. The third-order valence-electron chi connectivity index (χ3n) is 3.82. The number of benzene rings is 2. The molecule has 0 aliphatic heterocycles.